The normalized spacial score (nSPS) is 11.9. The molecule has 0 radical (unpaired) electrons. The quantitative estimate of drug-likeness (QED) is 0.174. The predicted octanol–water partition coefficient (Wildman–Crippen LogP) is 12.2. The number of allylic oxidation sites excluding steroid dienone is 2. The monoisotopic (exact) mass is 600 g/mol. The average Bonchev–Trinajstić information content (AvgIpc) is 3.64. The van der Waals surface area contributed by atoms with E-state index in [9.17, 15) is 0 Å². The van der Waals surface area contributed by atoms with E-state index in [0.29, 0.717) is 0 Å². The topological polar surface area (TPSA) is 9.86 Å². The van der Waals surface area contributed by atoms with E-state index >= 15 is 0 Å². The molecule has 0 amide bonds. The van der Waals surface area contributed by atoms with Gasteiger partial charge < -0.3 is 9.13 Å². The minimum absolute atomic E-state index is 0.937. The van der Waals surface area contributed by atoms with Crippen LogP contribution < -0.4 is 0 Å². The Morgan fingerprint density at radius 2 is 1.06 bits per heavy atom. The van der Waals surface area contributed by atoms with Crippen molar-refractivity contribution in [2.45, 2.75) is 6.92 Å². The van der Waals surface area contributed by atoms with Crippen LogP contribution in [0, 0.1) is 6.92 Å². The summed E-state index contributed by atoms with van der Waals surface area (Å²) in [4.78, 5) is 0. The second-order valence-electron chi connectivity index (χ2n) is 12.3. The molecule has 0 fully saturated rings. The van der Waals surface area contributed by atoms with E-state index in [-0.39, 0.29) is 0 Å². The van der Waals surface area contributed by atoms with E-state index in [1.807, 2.05) is 0 Å². The van der Waals surface area contributed by atoms with Gasteiger partial charge in [-0.25, -0.2) is 0 Å². The van der Waals surface area contributed by atoms with Crippen LogP contribution in [-0.2, 0) is 0 Å². The van der Waals surface area contributed by atoms with Crippen molar-refractivity contribution in [1.82, 2.24) is 9.13 Å². The molecule has 2 aromatic heterocycles. The van der Waals surface area contributed by atoms with Crippen LogP contribution in [0.1, 0.15) is 11.1 Å². The van der Waals surface area contributed by atoms with E-state index in [1.54, 1.807) is 0 Å². The summed E-state index contributed by atoms with van der Waals surface area (Å²) in [7, 11) is 0. The number of aryl methyl sites for hydroxylation is 1. The molecule has 0 bridgehead atoms. The highest BCUT2D eigenvalue weighted by molar-refractivity contribution is 6.13. The van der Waals surface area contributed by atoms with Gasteiger partial charge in [0.05, 0.1) is 22.1 Å². The number of rotatable bonds is 5. The molecule has 0 saturated carbocycles. The van der Waals surface area contributed by atoms with Gasteiger partial charge in [-0.3, -0.25) is 0 Å². The zero-order chi connectivity index (χ0) is 31.5. The van der Waals surface area contributed by atoms with Crippen LogP contribution in [-0.4, -0.2) is 9.13 Å². The third-order valence-corrected chi connectivity index (χ3v) is 9.61. The zero-order valence-corrected chi connectivity index (χ0v) is 26.2. The fraction of sp³-hybridized carbons (Fsp3) is 0.0222. The van der Waals surface area contributed by atoms with Gasteiger partial charge in [-0.15, -0.1) is 0 Å². The predicted molar refractivity (Wildman–Crippen MR) is 202 cm³/mol. The molecular formula is C45H32N2. The summed E-state index contributed by atoms with van der Waals surface area (Å²) >= 11 is 0. The van der Waals surface area contributed by atoms with E-state index in [1.165, 1.54) is 71.3 Å². The Balaban J connectivity index is 1.17. The molecule has 0 N–H and O–H groups in total. The number of benzene rings is 7. The fourth-order valence-electron chi connectivity index (χ4n) is 7.35. The Labute approximate surface area is 273 Å². The number of fused-ring (bicyclic) bond motifs is 7. The van der Waals surface area contributed by atoms with Gasteiger partial charge in [0.2, 0.25) is 0 Å². The maximum Gasteiger partial charge on any atom is 0.0541 e. The summed E-state index contributed by atoms with van der Waals surface area (Å²) in [5.74, 6) is 0. The lowest BCUT2D eigenvalue weighted by molar-refractivity contribution is 1.18. The smallest absolute Gasteiger partial charge is 0.0541 e. The van der Waals surface area contributed by atoms with E-state index < -0.39 is 0 Å². The zero-order valence-electron chi connectivity index (χ0n) is 26.2. The molecule has 7 aromatic carbocycles. The standard InChI is InChI=1S/C45H32N2/c1-30-20-22-32-12-6-7-15-37(32)36(30)25-21-31(2)46-42-18-10-8-16-38(42)40-28-33(23-26-44(40)46)34-24-27-45-41(29-34)39-17-9-11-19-43(39)47(45)35-13-4-3-5-14-35/h3-29H,2H2,1H3/b25-21-. The van der Waals surface area contributed by atoms with Crippen molar-refractivity contribution in [2.24, 2.45) is 0 Å². The van der Waals surface area contributed by atoms with Crippen molar-refractivity contribution < 1.29 is 0 Å². The van der Waals surface area contributed by atoms with Crippen LogP contribution >= 0.6 is 0 Å². The largest absolute Gasteiger partial charge is 0.310 e. The van der Waals surface area contributed by atoms with Gasteiger partial charge in [0.25, 0.3) is 0 Å². The van der Waals surface area contributed by atoms with Crippen molar-refractivity contribution in [3.05, 3.63) is 175 Å². The number of nitrogens with zero attached hydrogens (tertiary/aromatic N) is 2. The Morgan fingerprint density at radius 3 is 1.83 bits per heavy atom. The number of hydrogen-bond donors (Lipinski definition) is 0. The van der Waals surface area contributed by atoms with E-state index in [0.717, 1.165) is 16.7 Å². The van der Waals surface area contributed by atoms with Crippen LogP contribution in [0.4, 0.5) is 0 Å². The van der Waals surface area contributed by atoms with E-state index in [2.05, 4.69) is 186 Å². The molecule has 9 aromatic rings. The maximum absolute atomic E-state index is 4.57. The van der Waals surface area contributed by atoms with Gasteiger partial charge in [0.1, 0.15) is 0 Å². The molecule has 2 heteroatoms. The summed E-state index contributed by atoms with van der Waals surface area (Å²) < 4.78 is 4.66. The molecule has 0 aliphatic rings. The summed E-state index contributed by atoms with van der Waals surface area (Å²) in [6.45, 7) is 6.74. The Kier molecular flexibility index (Phi) is 6.22. The van der Waals surface area contributed by atoms with Crippen molar-refractivity contribution in [3.63, 3.8) is 0 Å². The molecule has 0 saturated heterocycles. The van der Waals surface area contributed by atoms with Gasteiger partial charge in [-0.1, -0.05) is 116 Å². The minimum atomic E-state index is 0.937. The lowest BCUT2D eigenvalue weighted by atomic mass is 9.99. The highest BCUT2D eigenvalue weighted by Crippen LogP contribution is 2.38. The highest BCUT2D eigenvalue weighted by atomic mass is 15.0. The van der Waals surface area contributed by atoms with Crippen LogP contribution in [0.3, 0.4) is 0 Å². The Bertz CT molecular complexity index is 2700. The fourth-order valence-corrected chi connectivity index (χ4v) is 7.35. The number of aromatic nitrogens is 2. The maximum atomic E-state index is 4.57. The number of hydrogen-bond acceptors (Lipinski definition) is 0. The van der Waals surface area contributed by atoms with Crippen molar-refractivity contribution in [2.75, 3.05) is 0 Å². The van der Waals surface area contributed by atoms with Gasteiger partial charge in [-0.05, 0) is 94.6 Å². The van der Waals surface area contributed by atoms with Crippen LogP contribution in [0.5, 0.6) is 0 Å². The first-order valence-corrected chi connectivity index (χ1v) is 16.1. The van der Waals surface area contributed by atoms with Crippen molar-refractivity contribution in [1.29, 1.82) is 0 Å². The average molecular weight is 601 g/mol. The summed E-state index contributed by atoms with van der Waals surface area (Å²) in [5, 5.41) is 7.47. The second kappa shape index (κ2) is 10.8. The molecule has 0 spiro atoms. The van der Waals surface area contributed by atoms with E-state index in [4.69, 9.17) is 0 Å². The summed E-state index contributed by atoms with van der Waals surface area (Å²) in [5.41, 5.74) is 11.7. The molecule has 9 rings (SSSR count). The number of para-hydroxylation sites is 3. The molecule has 0 aliphatic carbocycles. The highest BCUT2D eigenvalue weighted by Gasteiger charge is 2.16. The third kappa shape index (κ3) is 4.34. The molecule has 2 heterocycles. The lowest BCUT2D eigenvalue weighted by Gasteiger charge is -2.10. The van der Waals surface area contributed by atoms with Gasteiger partial charge in [0, 0.05) is 32.9 Å². The molecule has 0 atom stereocenters. The lowest BCUT2D eigenvalue weighted by Crippen LogP contribution is -1.93. The molecule has 222 valence electrons. The third-order valence-electron chi connectivity index (χ3n) is 9.61. The first-order chi connectivity index (χ1) is 23.2. The van der Waals surface area contributed by atoms with Crippen molar-refractivity contribution in [3.8, 4) is 16.8 Å². The Hall–Kier alpha value is -6.12. The summed E-state index contributed by atoms with van der Waals surface area (Å²) in [6, 6.07) is 54.7. The SMILES string of the molecule is C=C(/C=C\c1c(C)ccc2ccccc12)n1c2ccccc2c2cc(-c3ccc4c(c3)c3ccccc3n4-c3ccccc3)ccc21. The Morgan fingerprint density at radius 1 is 0.511 bits per heavy atom. The van der Waals surface area contributed by atoms with Gasteiger partial charge in [0.15, 0.2) is 0 Å². The first kappa shape index (κ1) is 27.2. The van der Waals surface area contributed by atoms with Crippen LogP contribution in [0.15, 0.2) is 164 Å². The molecule has 0 unspecified atom stereocenters. The van der Waals surface area contributed by atoms with Crippen LogP contribution in [0.25, 0.3) is 83.0 Å². The second-order valence-corrected chi connectivity index (χ2v) is 12.3. The van der Waals surface area contributed by atoms with Gasteiger partial charge >= 0.3 is 0 Å². The molecule has 0 aliphatic heterocycles. The summed E-state index contributed by atoms with van der Waals surface area (Å²) in [6.07, 6.45) is 4.38. The van der Waals surface area contributed by atoms with Crippen molar-refractivity contribution >= 4 is 66.2 Å². The van der Waals surface area contributed by atoms with Crippen LogP contribution in [0.2, 0.25) is 0 Å². The van der Waals surface area contributed by atoms with Gasteiger partial charge in [-0.2, -0.15) is 0 Å². The minimum Gasteiger partial charge on any atom is -0.310 e. The molecular weight excluding hydrogens is 569 g/mol. The first-order valence-electron chi connectivity index (χ1n) is 16.1. The molecule has 47 heavy (non-hydrogen) atoms. The molecule has 2 nitrogen and oxygen atoms in total.